The van der Waals surface area contributed by atoms with Gasteiger partial charge in [0.05, 0.1) is 12.6 Å². The summed E-state index contributed by atoms with van der Waals surface area (Å²) < 4.78 is 35.4. The summed E-state index contributed by atoms with van der Waals surface area (Å²) in [6.45, 7) is 8.83. The van der Waals surface area contributed by atoms with E-state index in [1.54, 1.807) is 12.1 Å². The van der Waals surface area contributed by atoms with E-state index in [0.29, 0.717) is 18.3 Å². The molecule has 1 N–H and O–H groups in total. The highest BCUT2D eigenvalue weighted by Gasteiger charge is 2.27. The van der Waals surface area contributed by atoms with Crippen molar-refractivity contribution in [2.75, 3.05) is 6.61 Å². The zero-order valence-electron chi connectivity index (χ0n) is 15.2. The molecule has 1 aromatic rings. The SMILES string of the molecule is CCCC(C)[S+]([O-])NC(c1ccc(F)c(OCC2CC2)c1)C(C)C. The molecule has 1 aliphatic carbocycles. The molecule has 0 saturated heterocycles. The zero-order valence-corrected chi connectivity index (χ0v) is 16.0. The molecular weight excluding hydrogens is 325 g/mol. The lowest BCUT2D eigenvalue weighted by Crippen LogP contribution is -2.37. The predicted molar refractivity (Wildman–Crippen MR) is 97.8 cm³/mol. The Balaban J connectivity index is 2.09. The summed E-state index contributed by atoms with van der Waals surface area (Å²) in [6, 6.07) is 4.89. The van der Waals surface area contributed by atoms with E-state index >= 15 is 0 Å². The fourth-order valence-electron chi connectivity index (χ4n) is 2.66. The van der Waals surface area contributed by atoms with Crippen LogP contribution in [0.4, 0.5) is 4.39 Å². The maximum absolute atomic E-state index is 14.0. The second-order valence-corrected chi connectivity index (χ2v) is 8.82. The molecule has 1 saturated carbocycles. The van der Waals surface area contributed by atoms with Crippen LogP contribution in [0.25, 0.3) is 0 Å². The van der Waals surface area contributed by atoms with Gasteiger partial charge >= 0.3 is 0 Å². The number of benzene rings is 1. The fraction of sp³-hybridized carbons (Fsp3) is 0.684. The Morgan fingerprint density at radius 3 is 2.62 bits per heavy atom. The summed E-state index contributed by atoms with van der Waals surface area (Å²) in [7, 11) is 0. The zero-order chi connectivity index (χ0) is 17.7. The highest BCUT2D eigenvalue weighted by atomic mass is 32.2. The van der Waals surface area contributed by atoms with Gasteiger partial charge < -0.3 is 9.29 Å². The van der Waals surface area contributed by atoms with Crippen LogP contribution in [-0.2, 0) is 11.4 Å². The molecule has 0 amide bonds. The predicted octanol–water partition coefficient (Wildman–Crippen LogP) is 4.75. The van der Waals surface area contributed by atoms with Crippen LogP contribution in [0.3, 0.4) is 0 Å². The van der Waals surface area contributed by atoms with Crippen molar-refractivity contribution in [2.45, 2.75) is 64.7 Å². The third-order valence-corrected chi connectivity index (χ3v) is 5.91. The number of rotatable bonds is 10. The number of ether oxygens (including phenoxy) is 1. The number of hydrogen-bond acceptors (Lipinski definition) is 3. The lowest BCUT2D eigenvalue weighted by atomic mass is 9.97. The van der Waals surface area contributed by atoms with Crippen LogP contribution in [0.2, 0.25) is 0 Å². The minimum absolute atomic E-state index is 0.0889. The highest BCUT2D eigenvalue weighted by molar-refractivity contribution is 7.90. The van der Waals surface area contributed by atoms with Crippen LogP contribution < -0.4 is 9.46 Å². The second kappa shape index (κ2) is 9.07. The molecule has 1 fully saturated rings. The van der Waals surface area contributed by atoms with Gasteiger partial charge in [-0.25, -0.2) is 4.39 Å². The van der Waals surface area contributed by atoms with Crippen LogP contribution in [0.1, 0.15) is 65.0 Å². The van der Waals surface area contributed by atoms with Crippen molar-refractivity contribution in [1.29, 1.82) is 0 Å². The van der Waals surface area contributed by atoms with Crippen LogP contribution in [0, 0.1) is 17.7 Å². The first-order valence-electron chi connectivity index (χ1n) is 9.01. The first-order chi connectivity index (χ1) is 11.4. The number of nitrogens with one attached hydrogen (secondary N) is 1. The smallest absolute Gasteiger partial charge is 0.165 e. The van der Waals surface area contributed by atoms with Crippen molar-refractivity contribution in [1.82, 2.24) is 4.72 Å². The topological polar surface area (TPSA) is 44.3 Å². The average molecular weight is 356 g/mol. The van der Waals surface area contributed by atoms with Gasteiger partial charge in [0.2, 0.25) is 0 Å². The lowest BCUT2D eigenvalue weighted by Gasteiger charge is -2.26. The molecule has 5 heteroatoms. The van der Waals surface area contributed by atoms with Crippen LogP contribution in [-0.4, -0.2) is 16.4 Å². The monoisotopic (exact) mass is 355 g/mol. The molecule has 1 aliphatic rings. The summed E-state index contributed by atoms with van der Waals surface area (Å²) in [5, 5.41) is 0.0993. The van der Waals surface area contributed by atoms with Gasteiger partial charge in [0.15, 0.2) is 11.6 Å². The van der Waals surface area contributed by atoms with E-state index in [9.17, 15) is 8.94 Å². The third-order valence-electron chi connectivity index (χ3n) is 4.46. The Hall–Kier alpha value is -0.780. The molecule has 136 valence electrons. The van der Waals surface area contributed by atoms with Crippen LogP contribution >= 0.6 is 0 Å². The molecule has 3 atom stereocenters. The number of hydrogen-bond donors (Lipinski definition) is 1. The van der Waals surface area contributed by atoms with Gasteiger partial charge in [0, 0.05) is 11.4 Å². The Bertz CT molecular complexity index is 522. The van der Waals surface area contributed by atoms with Gasteiger partial charge in [-0.3, -0.25) is 0 Å². The van der Waals surface area contributed by atoms with Gasteiger partial charge in [-0.2, -0.15) is 0 Å². The minimum Gasteiger partial charge on any atom is -0.598 e. The Morgan fingerprint density at radius 1 is 1.33 bits per heavy atom. The molecule has 0 spiro atoms. The van der Waals surface area contributed by atoms with E-state index in [0.717, 1.165) is 18.4 Å². The first kappa shape index (κ1) is 19.5. The van der Waals surface area contributed by atoms with Gasteiger partial charge in [-0.05, 0) is 55.7 Å². The summed E-state index contributed by atoms with van der Waals surface area (Å²) in [4.78, 5) is 0. The van der Waals surface area contributed by atoms with Crippen molar-refractivity contribution in [2.24, 2.45) is 11.8 Å². The van der Waals surface area contributed by atoms with Gasteiger partial charge in [-0.15, -0.1) is 4.72 Å². The van der Waals surface area contributed by atoms with Crippen molar-refractivity contribution < 1.29 is 13.7 Å². The molecule has 0 bridgehead atoms. The van der Waals surface area contributed by atoms with Crippen LogP contribution in [0.15, 0.2) is 18.2 Å². The summed E-state index contributed by atoms with van der Waals surface area (Å²) in [5.41, 5.74) is 0.925. The van der Waals surface area contributed by atoms with E-state index in [2.05, 4.69) is 25.5 Å². The average Bonchev–Trinajstić information content (AvgIpc) is 3.36. The first-order valence-corrected chi connectivity index (χ1v) is 10.2. The quantitative estimate of drug-likeness (QED) is 0.616. The maximum Gasteiger partial charge on any atom is 0.165 e. The maximum atomic E-state index is 14.0. The molecule has 1 aromatic carbocycles. The van der Waals surface area contributed by atoms with E-state index < -0.39 is 11.4 Å². The molecule has 24 heavy (non-hydrogen) atoms. The normalized spacial score (nSPS) is 18.5. The Kier molecular flexibility index (Phi) is 7.38. The van der Waals surface area contributed by atoms with E-state index in [1.165, 1.54) is 18.9 Å². The fourth-order valence-corrected chi connectivity index (χ4v) is 4.00. The summed E-state index contributed by atoms with van der Waals surface area (Å²) in [6.07, 6.45) is 4.28. The van der Waals surface area contributed by atoms with E-state index in [-0.39, 0.29) is 23.0 Å². The van der Waals surface area contributed by atoms with Gasteiger partial charge in [-0.1, -0.05) is 33.3 Å². The molecule has 2 rings (SSSR count). The summed E-state index contributed by atoms with van der Waals surface area (Å²) >= 11 is -1.11. The van der Waals surface area contributed by atoms with Crippen molar-refractivity contribution in [3.63, 3.8) is 0 Å². The molecule has 3 nitrogen and oxygen atoms in total. The second-order valence-electron chi connectivity index (χ2n) is 7.18. The van der Waals surface area contributed by atoms with E-state index in [4.69, 9.17) is 4.74 Å². The third kappa shape index (κ3) is 5.64. The van der Waals surface area contributed by atoms with Gasteiger partial charge in [0.25, 0.3) is 0 Å². The largest absolute Gasteiger partial charge is 0.598 e. The van der Waals surface area contributed by atoms with Crippen molar-refractivity contribution in [3.8, 4) is 5.75 Å². The molecular formula is C19H30FNO2S. The molecule has 0 radical (unpaired) electrons. The van der Waals surface area contributed by atoms with Gasteiger partial charge in [0.1, 0.15) is 5.25 Å². The molecule has 3 unspecified atom stereocenters. The van der Waals surface area contributed by atoms with Crippen molar-refractivity contribution in [3.05, 3.63) is 29.6 Å². The minimum atomic E-state index is -1.11. The molecule has 0 aromatic heterocycles. The van der Waals surface area contributed by atoms with E-state index in [1.807, 2.05) is 6.92 Å². The van der Waals surface area contributed by atoms with Crippen LogP contribution in [0.5, 0.6) is 5.75 Å². The Morgan fingerprint density at radius 2 is 2.04 bits per heavy atom. The molecule has 0 heterocycles. The highest BCUT2D eigenvalue weighted by Crippen LogP contribution is 2.32. The lowest BCUT2D eigenvalue weighted by molar-refractivity contribution is 0.284. The molecule has 0 aliphatic heterocycles. The standard InChI is InChI=1S/C19H30FNO2S/c1-5-6-14(4)24(22)21-19(13(2)3)16-9-10-17(20)18(11-16)23-12-15-7-8-15/h9-11,13-15,19,21H,5-8,12H2,1-4H3. The number of halogens is 1. The van der Waals surface area contributed by atoms with Crippen molar-refractivity contribution >= 4 is 11.4 Å². The Labute approximate surface area is 148 Å². The summed E-state index contributed by atoms with van der Waals surface area (Å²) in [5.74, 6) is 0.792.